The van der Waals surface area contributed by atoms with Gasteiger partial charge in [0, 0.05) is 42.0 Å². The number of benzene rings is 1. The molecule has 0 fully saturated rings. The second-order valence-electron chi connectivity index (χ2n) is 6.29. The summed E-state index contributed by atoms with van der Waals surface area (Å²) in [6, 6.07) is 4.71. The van der Waals surface area contributed by atoms with Crippen molar-refractivity contribution in [2.75, 3.05) is 6.54 Å². The minimum absolute atomic E-state index is 0.000320. The van der Waals surface area contributed by atoms with Crippen molar-refractivity contribution >= 4 is 37.9 Å². The number of phenolic OH excluding ortho intramolecular Hbond substituents is 1. The number of aromatic nitrogens is 1. The molecule has 2 aliphatic rings. The highest BCUT2D eigenvalue weighted by atomic mass is 35.5. The highest BCUT2D eigenvalue weighted by molar-refractivity contribution is 8.08. The van der Waals surface area contributed by atoms with Gasteiger partial charge in [-0.1, -0.05) is 32.1 Å². The third-order valence-corrected chi connectivity index (χ3v) is 7.69. The van der Waals surface area contributed by atoms with E-state index in [0.717, 1.165) is 0 Å². The van der Waals surface area contributed by atoms with Crippen molar-refractivity contribution in [1.82, 2.24) is 9.47 Å². The molecule has 0 aliphatic carbocycles. The molecule has 2 atom stereocenters. The number of amides is 1. The van der Waals surface area contributed by atoms with E-state index in [2.05, 4.69) is 0 Å². The van der Waals surface area contributed by atoms with Gasteiger partial charge in [0.05, 0.1) is 4.99 Å². The van der Waals surface area contributed by atoms with Crippen LogP contribution in [0.2, 0.25) is 5.02 Å². The van der Waals surface area contributed by atoms with Gasteiger partial charge in [0.25, 0.3) is 5.91 Å². The van der Waals surface area contributed by atoms with E-state index >= 15 is 0 Å². The Labute approximate surface area is 166 Å². The lowest BCUT2D eigenvalue weighted by atomic mass is 10.1. The summed E-state index contributed by atoms with van der Waals surface area (Å²) >= 11 is 7.39. The average molecular weight is 423 g/mol. The van der Waals surface area contributed by atoms with Crippen LogP contribution in [0.5, 0.6) is 11.5 Å². The van der Waals surface area contributed by atoms with Gasteiger partial charge in [-0.05, 0) is 17.5 Å². The number of carbonyl (C=O) groups excluding carboxylic acids is 1. The summed E-state index contributed by atoms with van der Waals surface area (Å²) in [6.45, 7) is 1.04. The van der Waals surface area contributed by atoms with Crippen molar-refractivity contribution in [2.24, 2.45) is 0 Å². The Morgan fingerprint density at radius 1 is 1.26 bits per heavy atom. The van der Waals surface area contributed by atoms with Crippen LogP contribution in [-0.4, -0.2) is 32.1 Å². The first-order chi connectivity index (χ1) is 13.0. The Bertz CT molecular complexity index is 1020. The van der Waals surface area contributed by atoms with Gasteiger partial charge in [-0.2, -0.15) is 0 Å². The predicted molar refractivity (Wildman–Crippen MR) is 108 cm³/mol. The maximum Gasteiger partial charge on any atom is 0.274 e. The third kappa shape index (κ3) is 3.35. The van der Waals surface area contributed by atoms with E-state index in [9.17, 15) is 19.8 Å². The van der Waals surface area contributed by atoms with Crippen LogP contribution in [0.15, 0.2) is 40.4 Å². The Morgan fingerprint density at radius 3 is 2.78 bits per heavy atom. The lowest BCUT2D eigenvalue weighted by Gasteiger charge is -2.31. The van der Waals surface area contributed by atoms with E-state index < -0.39 is 17.1 Å². The minimum Gasteiger partial charge on any atom is -0.508 e. The summed E-state index contributed by atoms with van der Waals surface area (Å²) < 4.78 is 1.66. The molecular formula is C18H16ClN2O4PS. The number of halogens is 1. The first kappa shape index (κ1) is 18.4. The summed E-state index contributed by atoms with van der Waals surface area (Å²) in [5, 5.41) is 22.8. The largest absolute Gasteiger partial charge is 0.508 e. The summed E-state index contributed by atoms with van der Waals surface area (Å²) in [7, 11) is 0.475. The number of carbonyl (C=O) groups is 1. The van der Waals surface area contributed by atoms with Gasteiger partial charge >= 0.3 is 0 Å². The lowest BCUT2D eigenvalue weighted by molar-refractivity contribution is 0.0682. The zero-order valence-electron chi connectivity index (χ0n) is 14.1. The van der Waals surface area contributed by atoms with E-state index in [1.54, 1.807) is 34.7 Å². The van der Waals surface area contributed by atoms with E-state index in [-0.39, 0.29) is 23.0 Å². The Hall–Kier alpha value is -1.95. The van der Waals surface area contributed by atoms with Crippen LogP contribution < -0.4 is 5.43 Å². The monoisotopic (exact) mass is 422 g/mol. The quantitative estimate of drug-likeness (QED) is 0.740. The van der Waals surface area contributed by atoms with Crippen molar-refractivity contribution in [3.05, 3.63) is 67.7 Å². The number of hydrogen-bond acceptors (Lipinski definition) is 5. The van der Waals surface area contributed by atoms with Crippen molar-refractivity contribution in [3.8, 4) is 11.5 Å². The molecule has 0 saturated carbocycles. The summed E-state index contributed by atoms with van der Waals surface area (Å²) in [6.07, 6.45) is 1.70. The molecule has 6 nitrogen and oxygen atoms in total. The predicted octanol–water partition coefficient (Wildman–Crippen LogP) is 3.46. The van der Waals surface area contributed by atoms with Gasteiger partial charge in [-0.3, -0.25) is 9.59 Å². The highest BCUT2D eigenvalue weighted by Gasteiger charge is 2.31. The molecule has 0 spiro atoms. The van der Waals surface area contributed by atoms with Gasteiger partial charge < -0.3 is 19.7 Å². The molecule has 0 radical (unpaired) electrons. The number of aromatic hydroxyl groups is 2. The van der Waals surface area contributed by atoms with Gasteiger partial charge in [-0.15, -0.1) is 11.8 Å². The van der Waals surface area contributed by atoms with Crippen LogP contribution >= 0.6 is 31.9 Å². The summed E-state index contributed by atoms with van der Waals surface area (Å²) in [4.78, 5) is 27.0. The molecule has 1 amide bonds. The first-order valence-corrected chi connectivity index (χ1v) is 10.7. The molecule has 1 aromatic carbocycles. The highest BCUT2D eigenvalue weighted by Crippen LogP contribution is 2.50. The van der Waals surface area contributed by atoms with Crippen LogP contribution in [0.25, 0.3) is 0 Å². The van der Waals surface area contributed by atoms with Crippen molar-refractivity contribution in [3.63, 3.8) is 0 Å². The smallest absolute Gasteiger partial charge is 0.274 e. The molecule has 2 unspecified atom stereocenters. The molecule has 27 heavy (non-hydrogen) atoms. The van der Waals surface area contributed by atoms with E-state index in [1.807, 2.05) is 11.2 Å². The SMILES string of the molecule is O=C1c2c(O)c(=O)c(C3PC=CS3)cn2CCN1Cc1ccc(Cl)cc1O. The molecule has 1 aromatic heterocycles. The number of phenols is 1. The molecule has 0 saturated heterocycles. The molecule has 0 bridgehead atoms. The fraction of sp³-hybridized carbons (Fsp3) is 0.222. The van der Waals surface area contributed by atoms with Gasteiger partial charge in [-0.25, -0.2) is 0 Å². The second-order valence-corrected chi connectivity index (χ2v) is 9.40. The van der Waals surface area contributed by atoms with Crippen LogP contribution in [0, 0.1) is 0 Å². The molecule has 9 heteroatoms. The molecule has 2 aromatic rings. The van der Waals surface area contributed by atoms with Crippen molar-refractivity contribution < 1.29 is 15.0 Å². The van der Waals surface area contributed by atoms with E-state index in [4.69, 9.17) is 11.6 Å². The van der Waals surface area contributed by atoms with Gasteiger partial charge in [0.1, 0.15) is 5.75 Å². The maximum atomic E-state index is 12.9. The molecule has 2 N–H and O–H groups in total. The third-order valence-electron chi connectivity index (χ3n) is 4.61. The molecular weight excluding hydrogens is 407 g/mol. The van der Waals surface area contributed by atoms with Gasteiger partial charge in [0.2, 0.25) is 5.43 Å². The van der Waals surface area contributed by atoms with Crippen molar-refractivity contribution in [2.45, 2.75) is 18.1 Å². The zero-order valence-corrected chi connectivity index (χ0v) is 16.6. The number of hydrogen-bond donors (Lipinski definition) is 2. The molecule has 3 heterocycles. The normalized spacial score (nSPS) is 19.7. The Kier molecular flexibility index (Phi) is 4.93. The first-order valence-electron chi connectivity index (χ1n) is 8.25. The van der Waals surface area contributed by atoms with E-state index in [1.165, 1.54) is 11.0 Å². The average Bonchev–Trinajstić information content (AvgIpc) is 3.16. The number of pyridine rings is 1. The molecule has 2 aliphatic heterocycles. The fourth-order valence-corrected chi connectivity index (χ4v) is 5.82. The molecule has 4 rings (SSSR count). The second kappa shape index (κ2) is 7.23. The summed E-state index contributed by atoms with van der Waals surface area (Å²) in [5.41, 5.74) is 0.595. The Balaban J connectivity index is 1.66. The minimum atomic E-state index is -0.500. The number of rotatable bonds is 3. The van der Waals surface area contributed by atoms with Crippen LogP contribution in [-0.2, 0) is 13.1 Å². The fourth-order valence-electron chi connectivity index (χ4n) is 3.21. The topological polar surface area (TPSA) is 82.8 Å². The van der Waals surface area contributed by atoms with Crippen molar-refractivity contribution in [1.29, 1.82) is 0 Å². The van der Waals surface area contributed by atoms with E-state index in [0.29, 0.717) is 37.8 Å². The summed E-state index contributed by atoms with van der Waals surface area (Å²) in [5.74, 6) is 1.09. The maximum absolute atomic E-state index is 12.9. The number of nitrogens with zero attached hydrogens (tertiary/aromatic N) is 2. The number of fused-ring (bicyclic) bond motifs is 1. The van der Waals surface area contributed by atoms with Gasteiger partial charge in [0.15, 0.2) is 11.4 Å². The lowest BCUT2D eigenvalue weighted by Crippen LogP contribution is -2.41. The van der Waals surface area contributed by atoms with Crippen LogP contribution in [0.3, 0.4) is 0 Å². The molecule has 140 valence electrons. The van der Waals surface area contributed by atoms with Crippen LogP contribution in [0.1, 0.15) is 26.6 Å². The zero-order chi connectivity index (χ0) is 19.1. The van der Waals surface area contributed by atoms with Crippen LogP contribution in [0.4, 0.5) is 0 Å². The Morgan fingerprint density at radius 2 is 2.07 bits per heavy atom. The number of thioether (sulfide) groups is 1. The standard InChI is InChI=1S/C18H16ClN2O4PS/c19-11-2-1-10(13(22)7-11)8-21-4-3-20-9-12(18-26-5-6-27-18)15(23)16(24)14(20)17(21)25/h1-2,5-7,9,18,22,24,26H,3-4,8H2.